The Morgan fingerprint density at radius 2 is 1.75 bits per heavy atom. The van der Waals surface area contributed by atoms with E-state index in [9.17, 15) is 4.79 Å². The van der Waals surface area contributed by atoms with Crippen LogP contribution >= 0.6 is 23.7 Å². The van der Waals surface area contributed by atoms with Gasteiger partial charge in [0.1, 0.15) is 0 Å². The van der Waals surface area contributed by atoms with E-state index in [-0.39, 0.29) is 18.3 Å². The van der Waals surface area contributed by atoms with Crippen LogP contribution in [0.25, 0.3) is 0 Å². The van der Waals surface area contributed by atoms with Crippen LogP contribution in [0.5, 0.6) is 0 Å². The number of nitrogens with zero attached hydrogens (tertiary/aromatic N) is 2. The maximum Gasteiger partial charge on any atom is 0.219 e. The van der Waals surface area contributed by atoms with E-state index in [1.54, 1.807) is 6.92 Å². The highest BCUT2D eigenvalue weighted by Gasteiger charge is 2.18. The van der Waals surface area contributed by atoms with Gasteiger partial charge >= 0.3 is 0 Å². The van der Waals surface area contributed by atoms with Crippen LogP contribution in [0.2, 0.25) is 0 Å². The number of carbonyl (C=O) groups excluding carboxylic acids is 1. The predicted octanol–water partition coefficient (Wildman–Crippen LogP) is 3.76. The minimum Gasteiger partial charge on any atom is -0.380 e. The molecule has 6 heteroatoms. The van der Waals surface area contributed by atoms with Crippen LogP contribution in [0.4, 0.5) is 11.4 Å². The Hall–Kier alpha value is -1.72. The van der Waals surface area contributed by atoms with Crippen molar-refractivity contribution in [1.82, 2.24) is 4.90 Å². The highest BCUT2D eigenvalue weighted by Crippen LogP contribution is 2.21. The monoisotopic (exact) mass is 365 g/mol. The number of hydrogen-bond donors (Lipinski definition) is 1. The largest absolute Gasteiger partial charge is 0.380 e. The van der Waals surface area contributed by atoms with E-state index in [4.69, 9.17) is 0 Å². The Morgan fingerprint density at radius 3 is 2.29 bits per heavy atom. The zero-order valence-electron chi connectivity index (χ0n) is 14.1. The third kappa shape index (κ3) is 4.65. The molecule has 2 aromatic rings. The minimum absolute atomic E-state index is 0. The van der Waals surface area contributed by atoms with E-state index in [0.29, 0.717) is 0 Å². The molecule has 2 heterocycles. The lowest BCUT2D eigenvalue weighted by Crippen LogP contribution is -2.48. The third-order valence-corrected chi connectivity index (χ3v) is 5.22. The number of amides is 1. The fourth-order valence-corrected chi connectivity index (χ4v) is 3.67. The van der Waals surface area contributed by atoms with Gasteiger partial charge in [-0.15, -0.1) is 23.7 Å². The molecule has 3 rings (SSSR count). The molecule has 1 aromatic carbocycles. The molecule has 0 bridgehead atoms. The summed E-state index contributed by atoms with van der Waals surface area (Å²) in [5.74, 6) is 0.174. The molecule has 1 aromatic heterocycles. The zero-order valence-corrected chi connectivity index (χ0v) is 15.8. The Morgan fingerprint density at radius 1 is 1.08 bits per heavy atom. The van der Waals surface area contributed by atoms with E-state index < -0.39 is 0 Å². The molecule has 0 saturated carbocycles. The fourth-order valence-electron chi connectivity index (χ4n) is 2.84. The van der Waals surface area contributed by atoms with Crippen LogP contribution < -0.4 is 10.2 Å². The van der Waals surface area contributed by atoms with Gasteiger partial charge in [0.05, 0.1) is 0 Å². The predicted molar refractivity (Wildman–Crippen MR) is 105 cm³/mol. The van der Waals surface area contributed by atoms with Crippen molar-refractivity contribution < 1.29 is 4.79 Å². The van der Waals surface area contributed by atoms with E-state index in [1.807, 2.05) is 16.2 Å². The smallest absolute Gasteiger partial charge is 0.219 e. The first-order valence-corrected chi connectivity index (χ1v) is 8.83. The van der Waals surface area contributed by atoms with Crippen molar-refractivity contribution in [3.63, 3.8) is 0 Å². The topological polar surface area (TPSA) is 35.6 Å². The molecule has 0 unspecified atom stereocenters. The molecule has 1 fully saturated rings. The number of aryl methyl sites for hydroxylation is 1. The van der Waals surface area contributed by atoms with E-state index >= 15 is 0 Å². The van der Waals surface area contributed by atoms with Gasteiger partial charge in [-0.05, 0) is 43.3 Å². The summed E-state index contributed by atoms with van der Waals surface area (Å²) in [5.41, 5.74) is 2.37. The van der Waals surface area contributed by atoms with Gasteiger partial charge in [-0.3, -0.25) is 4.79 Å². The van der Waals surface area contributed by atoms with Crippen LogP contribution in [0.3, 0.4) is 0 Å². The molecule has 24 heavy (non-hydrogen) atoms. The second kappa shape index (κ2) is 8.40. The molecule has 1 saturated heterocycles. The Bertz CT molecular complexity index is 663. The van der Waals surface area contributed by atoms with Crippen molar-refractivity contribution in [3.8, 4) is 0 Å². The van der Waals surface area contributed by atoms with Gasteiger partial charge in [0.25, 0.3) is 0 Å². The van der Waals surface area contributed by atoms with Crippen LogP contribution in [-0.4, -0.2) is 37.0 Å². The van der Waals surface area contributed by atoms with Crippen LogP contribution in [0.1, 0.15) is 16.7 Å². The van der Waals surface area contributed by atoms with Gasteiger partial charge in [-0.1, -0.05) is 0 Å². The van der Waals surface area contributed by atoms with Crippen molar-refractivity contribution in [2.24, 2.45) is 0 Å². The maximum absolute atomic E-state index is 11.4. The number of anilines is 2. The Labute approximate surface area is 153 Å². The zero-order chi connectivity index (χ0) is 16.2. The number of halogens is 1. The van der Waals surface area contributed by atoms with Crippen LogP contribution in [0.15, 0.2) is 36.4 Å². The van der Waals surface area contributed by atoms with Crippen molar-refractivity contribution >= 4 is 41.0 Å². The number of rotatable bonds is 4. The maximum atomic E-state index is 11.4. The lowest BCUT2D eigenvalue weighted by atomic mass is 10.2. The average molecular weight is 366 g/mol. The molecule has 0 radical (unpaired) electrons. The Balaban J connectivity index is 0.00000208. The summed E-state index contributed by atoms with van der Waals surface area (Å²) in [6.45, 7) is 8.08. The Kier molecular flexibility index (Phi) is 6.52. The van der Waals surface area contributed by atoms with Gasteiger partial charge in [0.2, 0.25) is 5.91 Å². The first-order valence-electron chi connectivity index (χ1n) is 8.01. The highest BCUT2D eigenvalue weighted by molar-refractivity contribution is 7.11. The number of hydrogen-bond acceptors (Lipinski definition) is 4. The third-order valence-electron chi connectivity index (χ3n) is 4.22. The van der Waals surface area contributed by atoms with Crippen molar-refractivity contribution in [3.05, 3.63) is 46.2 Å². The molecule has 1 amide bonds. The van der Waals surface area contributed by atoms with Gasteiger partial charge in [-0.25, -0.2) is 0 Å². The van der Waals surface area contributed by atoms with Crippen LogP contribution in [-0.2, 0) is 11.3 Å². The van der Waals surface area contributed by atoms with Crippen LogP contribution in [0, 0.1) is 6.92 Å². The quantitative estimate of drug-likeness (QED) is 0.896. The molecule has 0 atom stereocenters. The first kappa shape index (κ1) is 18.6. The lowest BCUT2D eigenvalue weighted by molar-refractivity contribution is -0.129. The molecule has 1 aliphatic rings. The first-order chi connectivity index (χ1) is 11.1. The molecular weight excluding hydrogens is 342 g/mol. The minimum atomic E-state index is 0. The average Bonchev–Trinajstić information content (AvgIpc) is 2.99. The molecule has 130 valence electrons. The van der Waals surface area contributed by atoms with E-state index in [0.717, 1.165) is 38.4 Å². The summed E-state index contributed by atoms with van der Waals surface area (Å²) in [6.07, 6.45) is 0. The van der Waals surface area contributed by atoms with Gasteiger partial charge < -0.3 is 15.1 Å². The SMILES string of the molecule is CC(=O)N1CCN(c2ccc(NCc3ccc(C)s3)cc2)CC1.Cl. The molecule has 4 nitrogen and oxygen atoms in total. The van der Waals surface area contributed by atoms with Gasteiger partial charge in [-0.2, -0.15) is 0 Å². The van der Waals surface area contributed by atoms with E-state index in [2.05, 4.69) is 53.5 Å². The molecule has 0 spiro atoms. The molecule has 0 aliphatic carbocycles. The summed E-state index contributed by atoms with van der Waals surface area (Å²) in [4.78, 5) is 18.3. The summed E-state index contributed by atoms with van der Waals surface area (Å²) >= 11 is 1.83. The normalized spacial score (nSPS) is 14.2. The van der Waals surface area contributed by atoms with E-state index in [1.165, 1.54) is 15.4 Å². The summed E-state index contributed by atoms with van der Waals surface area (Å²) in [7, 11) is 0. The number of carbonyl (C=O) groups is 1. The van der Waals surface area contributed by atoms with Gasteiger partial charge in [0.15, 0.2) is 0 Å². The van der Waals surface area contributed by atoms with Crippen molar-refractivity contribution in [1.29, 1.82) is 0 Å². The van der Waals surface area contributed by atoms with Crippen molar-refractivity contribution in [2.75, 3.05) is 36.4 Å². The molecule has 1 N–H and O–H groups in total. The molecule has 1 aliphatic heterocycles. The molecular formula is C18H24ClN3OS. The standard InChI is InChI=1S/C18H23N3OS.ClH/c1-14-3-8-18(23-14)13-19-16-4-6-17(7-5-16)21-11-9-20(10-12-21)15(2)22;/h3-8,19H,9-13H2,1-2H3;1H. The number of nitrogens with one attached hydrogen (secondary N) is 1. The highest BCUT2D eigenvalue weighted by atomic mass is 35.5. The number of thiophene rings is 1. The number of benzene rings is 1. The summed E-state index contributed by atoms with van der Waals surface area (Å²) in [5, 5.41) is 3.47. The second-order valence-electron chi connectivity index (χ2n) is 5.91. The van der Waals surface area contributed by atoms with Crippen molar-refractivity contribution in [2.45, 2.75) is 20.4 Å². The van der Waals surface area contributed by atoms with Gasteiger partial charge in [0, 0.05) is 60.8 Å². The summed E-state index contributed by atoms with van der Waals surface area (Å²) in [6, 6.07) is 12.9. The lowest BCUT2D eigenvalue weighted by Gasteiger charge is -2.35. The fraction of sp³-hybridized carbons (Fsp3) is 0.389. The summed E-state index contributed by atoms with van der Waals surface area (Å²) < 4.78 is 0. The number of piperazine rings is 1. The second-order valence-corrected chi connectivity index (χ2v) is 7.28.